The molecule has 0 radical (unpaired) electrons. The number of hydrogen-bond acceptors (Lipinski definition) is 4. The van der Waals surface area contributed by atoms with E-state index in [1.807, 2.05) is 24.3 Å². The molecule has 2 heterocycles. The van der Waals surface area contributed by atoms with Crippen LogP contribution in [0.1, 0.15) is 21.5 Å². The molecule has 0 aliphatic carbocycles. The highest BCUT2D eigenvalue weighted by Gasteiger charge is 2.20. The third-order valence-corrected chi connectivity index (χ3v) is 4.89. The molecule has 2 aromatic heterocycles. The van der Waals surface area contributed by atoms with Gasteiger partial charge in [-0.25, -0.2) is 0 Å². The fraction of sp³-hybridized carbons (Fsp3) is 0. The third-order valence-electron chi connectivity index (χ3n) is 4.39. The minimum Gasteiger partial charge on any atom is -0.506 e. The number of H-pyrrole nitrogens is 1. The van der Waals surface area contributed by atoms with Crippen LogP contribution in [0.2, 0.25) is 10.0 Å². The van der Waals surface area contributed by atoms with Crippen LogP contribution < -0.4 is 0 Å². The number of aromatic hydroxyl groups is 1. The summed E-state index contributed by atoms with van der Waals surface area (Å²) in [5.74, 6) is -0.897. The van der Waals surface area contributed by atoms with Crippen LogP contribution in [-0.4, -0.2) is 20.9 Å². The van der Waals surface area contributed by atoms with Gasteiger partial charge < -0.3 is 10.1 Å². The lowest BCUT2D eigenvalue weighted by atomic mass is 9.99. The predicted octanol–water partition coefficient (Wildman–Crippen LogP) is 5.34. The fourth-order valence-electron chi connectivity index (χ4n) is 3.05. The fourth-order valence-corrected chi connectivity index (χ4v) is 3.54. The number of nitriles is 1. The summed E-state index contributed by atoms with van der Waals surface area (Å²) in [6.07, 6.45) is 3.15. The number of aromatic nitrogens is 2. The number of halogens is 2. The largest absolute Gasteiger partial charge is 0.506 e. The van der Waals surface area contributed by atoms with Crippen LogP contribution >= 0.6 is 23.2 Å². The Morgan fingerprint density at radius 1 is 1.18 bits per heavy atom. The van der Waals surface area contributed by atoms with E-state index in [9.17, 15) is 15.2 Å². The zero-order chi connectivity index (χ0) is 19.8. The Balaban J connectivity index is 1.82. The van der Waals surface area contributed by atoms with Gasteiger partial charge in [0.15, 0.2) is 5.78 Å². The monoisotopic (exact) mass is 407 g/mol. The van der Waals surface area contributed by atoms with E-state index in [4.69, 9.17) is 23.2 Å². The molecule has 2 N–H and O–H groups in total. The van der Waals surface area contributed by atoms with E-state index in [2.05, 4.69) is 16.0 Å². The number of nitrogens with zero attached hydrogens (tertiary/aromatic N) is 2. The zero-order valence-corrected chi connectivity index (χ0v) is 15.7. The van der Waals surface area contributed by atoms with Crippen molar-refractivity contribution in [1.82, 2.24) is 9.97 Å². The first-order valence-corrected chi connectivity index (χ1v) is 8.94. The molecule has 136 valence electrons. The number of carbonyl (C=O) groups excluding carboxylic acids is 1. The van der Waals surface area contributed by atoms with E-state index in [0.29, 0.717) is 5.69 Å². The van der Waals surface area contributed by atoms with Gasteiger partial charge in [0.25, 0.3) is 0 Å². The highest BCUT2D eigenvalue weighted by Crippen LogP contribution is 2.34. The number of aromatic amines is 1. The second-order valence-corrected chi connectivity index (χ2v) is 6.94. The van der Waals surface area contributed by atoms with Crippen LogP contribution in [0.4, 0.5) is 0 Å². The van der Waals surface area contributed by atoms with Crippen molar-refractivity contribution in [3.05, 3.63) is 81.6 Å². The molecule has 0 aliphatic rings. The van der Waals surface area contributed by atoms with Crippen LogP contribution in [0.25, 0.3) is 22.2 Å². The van der Waals surface area contributed by atoms with Gasteiger partial charge in [-0.15, -0.1) is 0 Å². The standard InChI is InChI=1S/C21H11Cl2N3O2/c22-13-6-15(21(28)17(23)7-13)20(27)12-5-11(8-24)19(26-9-12)16-10-25-18-4-2-1-3-14(16)18/h1-7,9-10,25,28H. The number of ketones is 1. The summed E-state index contributed by atoms with van der Waals surface area (Å²) in [6.45, 7) is 0. The number of phenols is 1. The number of rotatable bonds is 3. The van der Waals surface area contributed by atoms with Crippen molar-refractivity contribution >= 4 is 39.9 Å². The van der Waals surface area contributed by atoms with Gasteiger partial charge in [-0.05, 0) is 24.3 Å². The van der Waals surface area contributed by atoms with Crippen LogP contribution in [0, 0.1) is 11.3 Å². The Labute approximate surface area is 169 Å². The number of carbonyl (C=O) groups is 1. The van der Waals surface area contributed by atoms with Gasteiger partial charge in [-0.3, -0.25) is 9.78 Å². The zero-order valence-electron chi connectivity index (χ0n) is 14.2. The van der Waals surface area contributed by atoms with Crippen molar-refractivity contribution in [2.45, 2.75) is 0 Å². The molecule has 28 heavy (non-hydrogen) atoms. The number of para-hydroxylation sites is 1. The lowest BCUT2D eigenvalue weighted by Crippen LogP contribution is -2.04. The molecular formula is C21H11Cl2N3O2. The van der Waals surface area contributed by atoms with Gasteiger partial charge in [0.05, 0.1) is 21.8 Å². The van der Waals surface area contributed by atoms with Gasteiger partial charge in [0, 0.05) is 39.4 Å². The summed E-state index contributed by atoms with van der Waals surface area (Å²) in [6, 6.07) is 13.9. The van der Waals surface area contributed by atoms with Crippen LogP contribution in [-0.2, 0) is 0 Å². The van der Waals surface area contributed by atoms with E-state index in [1.54, 1.807) is 6.20 Å². The first kappa shape index (κ1) is 18.1. The predicted molar refractivity (Wildman–Crippen MR) is 108 cm³/mol. The Morgan fingerprint density at radius 2 is 1.96 bits per heavy atom. The molecule has 0 saturated heterocycles. The summed E-state index contributed by atoms with van der Waals surface area (Å²) < 4.78 is 0. The van der Waals surface area contributed by atoms with Crippen molar-refractivity contribution < 1.29 is 9.90 Å². The maximum atomic E-state index is 12.8. The molecular weight excluding hydrogens is 397 g/mol. The van der Waals surface area contributed by atoms with Crippen LogP contribution in [0.5, 0.6) is 5.75 Å². The molecule has 0 saturated carbocycles. The van der Waals surface area contributed by atoms with Gasteiger partial charge in [-0.2, -0.15) is 5.26 Å². The molecule has 4 rings (SSSR count). The van der Waals surface area contributed by atoms with Crippen molar-refractivity contribution in [3.8, 4) is 23.1 Å². The highest BCUT2D eigenvalue weighted by atomic mass is 35.5. The SMILES string of the molecule is N#Cc1cc(C(=O)c2cc(Cl)cc(Cl)c2O)cnc1-c1c[nH]c2ccccc12. The summed E-state index contributed by atoms with van der Waals surface area (Å²) in [5.41, 5.74) is 2.48. The molecule has 5 nitrogen and oxygen atoms in total. The Bertz CT molecular complexity index is 1290. The number of hydrogen-bond donors (Lipinski definition) is 2. The molecule has 0 spiro atoms. The van der Waals surface area contributed by atoms with Crippen LogP contribution in [0.15, 0.2) is 54.9 Å². The number of benzene rings is 2. The van der Waals surface area contributed by atoms with E-state index in [1.165, 1.54) is 24.4 Å². The smallest absolute Gasteiger partial charge is 0.198 e. The molecule has 0 fully saturated rings. The summed E-state index contributed by atoms with van der Waals surface area (Å²) in [7, 11) is 0. The van der Waals surface area contributed by atoms with Crippen LogP contribution in [0.3, 0.4) is 0 Å². The first-order chi connectivity index (χ1) is 13.5. The average Bonchev–Trinajstić information content (AvgIpc) is 3.13. The molecule has 0 unspecified atom stereocenters. The van der Waals surface area contributed by atoms with Gasteiger partial charge in [-0.1, -0.05) is 41.4 Å². The lowest BCUT2D eigenvalue weighted by Gasteiger charge is -2.08. The van der Waals surface area contributed by atoms with Gasteiger partial charge >= 0.3 is 0 Å². The van der Waals surface area contributed by atoms with Crippen molar-refractivity contribution in [3.63, 3.8) is 0 Å². The number of fused-ring (bicyclic) bond motifs is 1. The molecule has 0 bridgehead atoms. The van der Waals surface area contributed by atoms with Gasteiger partial charge in [0.2, 0.25) is 0 Å². The normalized spacial score (nSPS) is 10.8. The topological polar surface area (TPSA) is 89.8 Å². The molecule has 2 aromatic carbocycles. The van der Waals surface area contributed by atoms with Crippen molar-refractivity contribution in [2.75, 3.05) is 0 Å². The second kappa shape index (κ2) is 7.01. The summed E-state index contributed by atoms with van der Waals surface area (Å²) in [4.78, 5) is 20.3. The molecule has 0 aliphatic heterocycles. The van der Waals surface area contributed by atoms with Crippen molar-refractivity contribution in [1.29, 1.82) is 5.26 Å². The van der Waals surface area contributed by atoms with Gasteiger partial charge in [0.1, 0.15) is 11.8 Å². The molecule has 4 aromatic rings. The number of pyridine rings is 1. The molecule has 7 heteroatoms. The maximum absolute atomic E-state index is 12.8. The summed E-state index contributed by atoms with van der Waals surface area (Å²) in [5, 5.41) is 20.8. The average molecular weight is 408 g/mol. The minimum atomic E-state index is -0.531. The number of phenolic OH excluding ortho intramolecular Hbond substituents is 1. The lowest BCUT2D eigenvalue weighted by molar-refractivity contribution is 0.103. The van der Waals surface area contributed by atoms with E-state index < -0.39 is 5.78 Å². The van der Waals surface area contributed by atoms with E-state index >= 15 is 0 Å². The highest BCUT2D eigenvalue weighted by molar-refractivity contribution is 6.36. The first-order valence-electron chi connectivity index (χ1n) is 8.19. The Kier molecular flexibility index (Phi) is 4.52. The van der Waals surface area contributed by atoms with Crippen molar-refractivity contribution in [2.24, 2.45) is 0 Å². The maximum Gasteiger partial charge on any atom is 0.198 e. The quantitative estimate of drug-likeness (QED) is 0.448. The Hall–Kier alpha value is -3.33. The van der Waals surface area contributed by atoms with E-state index in [-0.39, 0.29) is 32.5 Å². The second-order valence-electron chi connectivity index (χ2n) is 6.09. The minimum absolute atomic E-state index is 0.0280. The van der Waals surface area contributed by atoms with E-state index in [0.717, 1.165) is 16.5 Å². The molecule has 0 amide bonds. The Morgan fingerprint density at radius 3 is 2.75 bits per heavy atom. The summed E-state index contributed by atoms with van der Waals surface area (Å²) >= 11 is 11.8. The number of nitrogens with one attached hydrogen (secondary N) is 1. The molecule has 0 atom stereocenters. The third kappa shape index (κ3) is 2.99.